The maximum atomic E-state index is 10.2. The van der Waals surface area contributed by atoms with Crippen LogP contribution in [0.1, 0.15) is 19.8 Å². The van der Waals surface area contributed by atoms with Gasteiger partial charge in [0.15, 0.2) is 0 Å². The van der Waals surface area contributed by atoms with E-state index in [1.807, 2.05) is 4.90 Å². The van der Waals surface area contributed by atoms with Crippen LogP contribution in [-0.2, 0) is 0 Å². The first-order valence-corrected chi connectivity index (χ1v) is 6.58. The van der Waals surface area contributed by atoms with Crippen LogP contribution in [0, 0.1) is 13.8 Å². The molecule has 4 N–H and O–H groups in total. The molecule has 1 atom stereocenters. The van der Waals surface area contributed by atoms with Gasteiger partial charge in [-0.15, -0.1) is 5.10 Å². The number of hydrogen-bond acceptors (Lipinski definition) is 8. The van der Waals surface area contributed by atoms with Gasteiger partial charge in [-0.25, -0.2) is 0 Å². The second kappa shape index (κ2) is 8.16. The van der Waals surface area contributed by atoms with Crippen molar-refractivity contribution in [1.82, 2.24) is 20.2 Å². The smallest absolute Gasteiger partial charge is 0.424 e. The predicted octanol–water partition coefficient (Wildman–Crippen LogP) is -3.39. The Morgan fingerprint density at radius 1 is 1.39 bits per heavy atom. The SMILES string of the molecule is C[C@]1(O)CCCN(c2n[c-]nc3[nH]nc(OC(O)O)c23)C1.[CH3-].[K+]. The molecule has 0 saturated carbocycles. The Balaban J connectivity index is 0.00000132. The molecule has 0 bridgehead atoms. The van der Waals surface area contributed by atoms with E-state index in [9.17, 15) is 5.11 Å². The van der Waals surface area contributed by atoms with Crippen molar-refractivity contribution >= 4 is 16.9 Å². The number of β-amino-alcohol motifs (C(OH)–C–C–N with tert-alkyl or cyclic N) is 1. The number of anilines is 1. The monoisotopic (exact) mass is 348 g/mol. The molecule has 0 aliphatic carbocycles. The molecular formula is C13H19KN5O4-. The summed E-state index contributed by atoms with van der Waals surface area (Å²) in [6, 6.07) is 0. The van der Waals surface area contributed by atoms with E-state index in [0.29, 0.717) is 36.4 Å². The molecular weight excluding hydrogens is 329 g/mol. The van der Waals surface area contributed by atoms with Gasteiger partial charge in [0.1, 0.15) is 0 Å². The first-order valence-electron chi connectivity index (χ1n) is 6.58. The molecule has 0 spiro atoms. The zero-order valence-electron chi connectivity index (χ0n) is 13.4. The van der Waals surface area contributed by atoms with Crippen LogP contribution < -0.4 is 61.0 Å². The number of aromatic nitrogens is 4. The van der Waals surface area contributed by atoms with E-state index in [-0.39, 0.29) is 64.7 Å². The van der Waals surface area contributed by atoms with Gasteiger partial charge in [-0.2, -0.15) is 0 Å². The summed E-state index contributed by atoms with van der Waals surface area (Å²) < 4.78 is 4.84. The van der Waals surface area contributed by atoms with E-state index >= 15 is 0 Å². The second-order valence-corrected chi connectivity index (χ2v) is 5.37. The quantitative estimate of drug-likeness (QED) is 0.257. The summed E-state index contributed by atoms with van der Waals surface area (Å²) in [7, 11) is 0. The van der Waals surface area contributed by atoms with Crippen LogP contribution >= 0.6 is 0 Å². The van der Waals surface area contributed by atoms with Crippen LogP contribution in [0.15, 0.2) is 0 Å². The van der Waals surface area contributed by atoms with Crippen molar-refractivity contribution in [3.63, 3.8) is 0 Å². The van der Waals surface area contributed by atoms with E-state index in [1.165, 1.54) is 0 Å². The fourth-order valence-corrected chi connectivity index (χ4v) is 2.59. The molecule has 0 aromatic carbocycles. The maximum absolute atomic E-state index is 10.2. The standard InChI is InChI=1S/C12H16N5O4.CH3.K/c1-12(20)3-2-4-17(5-12)9-7-8(13-6-14-9)15-16-10(7)21-11(18)19;;/h11,18-20H,2-5H2,1H3,(H,13,14,15,16);1H3;/q2*-1;+1/t12-;;/m0../s1. The molecule has 0 amide bonds. The first-order chi connectivity index (χ1) is 9.96. The minimum atomic E-state index is -1.99. The van der Waals surface area contributed by atoms with Gasteiger partial charge >= 0.3 is 57.9 Å². The third-order valence-electron chi connectivity index (χ3n) is 3.45. The Labute approximate surface area is 176 Å². The Bertz CT molecular complexity index is 648. The van der Waals surface area contributed by atoms with Crippen molar-refractivity contribution in [2.45, 2.75) is 31.8 Å². The number of rotatable bonds is 3. The van der Waals surface area contributed by atoms with Crippen molar-refractivity contribution in [1.29, 1.82) is 0 Å². The molecule has 9 nitrogen and oxygen atoms in total. The third kappa shape index (κ3) is 4.60. The largest absolute Gasteiger partial charge is 1.00 e. The minimum Gasteiger partial charge on any atom is -0.424 e. The molecule has 2 aromatic heterocycles. The van der Waals surface area contributed by atoms with Gasteiger partial charge in [0.05, 0.1) is 11.2 Å². The minimum absolute atomic E-state index is 0. The van der Waals surface area contributed by atoms with Crippen LogP contribution in [-0.4, -0.2) is 60.7 Å². The number of H-pyrrole nitrogens is 1. The summed E-state index contributed by atoms with van der Waals surface area (Å²) >= 11 is 0. The van der Waals surface area contributed by atoms with Gasteiger partial charge in [-0.3, -0.25) is 0 Å². The molecule has 0 radical (unpaired) electrons. The van der Waals surface area contributed by atoms with E-state index in [0.717, 1.165) is 6.42 Å². The van der Waals surface area contributed by atoms with Gasteiger partial charge in [-0.1, -0.05) is 0 Å². The summed E-state index contributed by atoms with van der Waals surface area (Å²) in [5.41, 5.74) is -0.433. The number of ether oxygens (including phenoxy) is 1. The molecule has 0 unspecified atom stereocenters. The molecule has 3 rings (SSSR count). The maximum Gasteiger partial charge on any atom is 1.00 e. The molecule has 2 aromatic rings. The molecule has 1 saturated heterocycles. The van der Waals surface area contributed by atoms with Gasteiger partial charge in [0, 0.05) is 30.6 Å². The van der Waals surface area contributed by atoms with Crippen LogP contribution in [0.5, 0.6) is 5.88 Å². The first kappa shape index (κ1) is 20.7. The van der Waals surface area contributed by atoms with Crippen LogP contribution in [0.2, 0.25) is 0 Å². The zero-order chi connectivity index (χ0) is 15.0. The zero-order valence-corrected chi connectivity index (χ0v) is 16.6. The van der Waals surface area contributed by atoms with Crippen LogP contribution in [0.25, 0.3) is 11.0 Å². The molecule has 1 fully saturated rings. The van der Waals surface area contributed by atoms with Crippen molar-refractivity contribution in [3.8, 4) is 5.88 Å². The summed E-state index contributed by atoms with van der Waals surface area (Å²) in [6.07, 6.45) is 4.05. The molecule has 1 aliphatic rings. The van der Waals surface area contributed by atoms with Crippen molar-refractivity contribution < 1.29 is 71.4 Å². The average molecular weight is 348 g/mol. The Morgan fingerprint density at radius 2 is 2.13 bits per heavy atom. The van der Waals surface area contributed by atoms with Crippen LogP contribution in [0.3, 0.4) is 0 Å². The van der Waals surface area contributed by atoms with Gasteiger partial charge in [0.25, 0.3) is 0 Å². The number of fused-ring (bicyclic) bond motifs is 1. The number of aromatic amines is 1. The van der Waals surface area contributed by atoms with E-state index < -0.39 is 12.1 Å². The number of aliphatic hydroxyl groups excluding tert-OH is 1. The van der Waals surface area contributed by atoms with Crippen molar-refractivity contribution in [2.75, 3.05) is 18.0 Å². The number of hydrogen-bond donors (Lipinski definition) is 4. The predicted molar refractivity (Wildman–Crippen MR) is 77.9 cm³/mol. The third-order valence-corrected chi connectivity index (χ3v) is 3.45. The summed E-state index contributed by atoms with van der Waals surface area (Å²) in [5, 5.41) is 35.0. The molecule has 23 heavy (non-hydrogen) atoms. The summed E-state index contributed by atoms with van der Waals surface area (Å²) in [6.45, 7) is 0.894. The van der Waals surface area contributed by atoms with Crippen molar-refractivity contribution in [3.05, 3.63) is 13.8 Å². The van der Waals surface area contributed by atoms with Gasteiger partial charge in [-0.05, 0) is 19.8 Å². The molecule has 1 aliphatic heterocycles. The Hall–Kier alpha value is -0.334. The number of nitrogens with zero attached hydrogens (tertiary/aromatic N) is 4. The summed E-state index contributed by atoms with van der Waals surface area (Å²) in [5.74, 6) is 0.485. The number of piperidine rings is 1. The average Bonchev–Trinajstić information content (AvgIpc) is 2.80. The van der Waals surface area contributed by atoms with Crippen LogP contribution in [0.4, 0.5) is 5.82 Å². The van der Waals surface area contributed by atoms with E-state index in [4.69, 9.17) is 14.9 Å². The number of aliphatic hydroxyl groups is 3. The van der Waals surface area contributed by atoms with E-state index in [2.05, 4.69) is 26.5 Å². The molecule has 10 heteroatoms. The van der Waals surface area contributed by atoms with Gasteiger partial charge in [0.2, 0.25) is 5.88 Å². The van der Waals surface area contributed by atoms with Gasteiger partial charge < -0.3 is 47.4 Å². The Morgan fingerprint density at radius 3 is 2.78 bits per heavy atom. The summed E-state index contributed by atoms with van der Waals surface area (Å²) in [4.78, 5) is 9.91. The topological polar surface area (TPSA) is 128 Å². The fourth-order valence-electron chi connectivity index (χ4n) is 2.59. The van der Waals surface area contributed by atoms with E-state index in [1.54, 1.807) is 6.92 Å². The van der Waals surface area contributed by atoms with Crippen molar-refractivity contribution in [2.24, 2.45) is 0 Å². The second-order valence-electron chi connectivity index (χ2n) is 5.37. The molecule has 3 heterocycles. The normalized spacial score (nSPS) is 21.0. The number of nitrogens with one attached hydrogen (secondary N) is 1. The Kier molecular flexibility index (Phi) is 7.35. The fraction of sp³-hybridized carbons (Fsp3) is 0.538. The molecule has 122 valence electrons.